The predicted molar refractivity (Wildman–Crippen MR) is 85.4 cm³/mol. The number of aromatic nitrogens is 2. The molecule has 6 heteroatoms. The molecule has 1 saturated carbocycles. The molecule has 1 atom stereocenters. The van der Waals surface area contributed by atoms with E-state index in [1.54, 1.807) is 12.3 Å². The fourth-order valence-electron chi connectivity index (χ4n) is 2.23. The zero-order chi connectivity index (χ0) is 16.1. The quantitative estimate of drug-likeness (QED) is 0.772. The Labute approximate surface area is 135 Å². The fraction of sp³-hybridized carbons (Fsp3) is 0.412. The van der Waals surface area contributed by atoms with Crippen LogP contribution >= 0.6 is 0 Å². The molecule has 2 aromatic rings. The zero-order valence-corrected chi connectivity index (χ0v) is 12.9. The highest BCUT2D eigenvalue weighted by atomic mass is 16.5. The third-order valence-electron chi connectivity index (χ3n) is 3.74. The number of rotatable bonds is 8. The highest BCUT2D eigenvalue weighted by molar-refractivity contribution is 5.92. The maximum atomic E-state index is 12.1. The van der Waals surface area contributed by atoms with Crippen molar-refractivity contribution in [2.24, 2.45) is 5.92 Å². The molecule has 0 aliphatic heterocycles. The average Bonchev–Trinajstić information content (AvgIpc) is 3.23. The van der Waals surface area contributed by atoms with Crippen molar-refractivity contribution in [3.63, 3.8) is 0 Å². The summed E-state index contributed by atoms with van der Waals surface area (Å²) in [6.07, 6.45) is 7.13. The number of pyridine rings is 1. The molecule has 2 N–H and O–H groups in total. The van der Waals surface area contributed by atoms with Crippen LogP contribution in [0.3, 0.4) is 0 Å². The van der Waals surface area contributed by atoms with Crippen molar-refractivity contribution in [1.29, 1.82) is 0 Å². The van der Waals surface area contributed by atoms with E-state index in [2.05, 4.69) is 10.3 Å². The van der Waals surface area contributed by atoms with Crippen molar-refractivity contribution in [3.05, 3.63) is 48.5 Å². The molecule has 1 unspecified atom stereocenters. The van der Waals surface area contributed by atoms with Crippen molar-refractivity contribution < 1.29 is 14.6 Å². The molecule has 122 valence electrons. The Kier molecular flexibility index (Phi) is 5.05. The Morgan fingerprint density at radius 3 is 2.96 bits per heavy atom. The first kappa shape index (κ1) is 15.7. The lowest BCUT2D eigenvalue weighted by Crippen LogP contribution is -2.35. The van der Waals surface area contributed by atoms with Gasteiger partial charge in [-0.15, -0.1) is 0 Å². The largest absolute Gasteiger partial charge is 0.389 e. The standard InChI is InChI=1S/C17H21N3O3/c21-15(12-23-11-13-3-4-13)10-19-17(22)16-9-14(5-6-18-16)20-7-1-2-8-20/h1-2,5-9,13,15,21H,3-4,10-12H2,(H,19,22). The van der Waals surface area contributed by atoms with Gasteiger partial charge in [-0.25, -0.2) is 0 Å². The van der Waals surface area contributed by atoms with Crippen molar-refractivity contribution >= 4 is 5.91 Å². The van der Waals surface area contributed by atoms with Gasteiger partial charge in [0.15, 0.2) is 0 Å². The van der Waals surface area contributed by atoms with Crippen molar-refractivity contribution in [3.8, 4) is 5.69 Å². The molecule has 1 fully saturated rings. The molecular formula is C17H21N3O3. The van der Waals surface area contributed by atoms with E-state index in [0.717, 1.165) is 5.69 Å². The minimum Gasteiger partial charge on any atom is -0.389 e. The summed E-state index contributed by atoms with van der Waals surface area (Å²) in [5.41, 5.74) is 1.19. The Morgan fingerprint density at radius 2 is 2.22 bits per heavy atom. The molecule has 0 aromatic carbocycles. The van der Waals surface area contributed by atoms with Crippen LogP contribution in [0.1, 0.15) is 23.3 Å². The van der Waals surface area contributed by atoms with E-state index in [1.165, 1.54) is 12.8 Å². The first-order valence-corrected chi connectivity index (χ1v) is 7.86. The van der Waals surface area contributed by atoms with Gasteiger partial charge in [-0.2, -0.15) is 0 Å². The van der Waals surface area contributed by atoms with Gasteiger partial charge in [0.25, 0.3) is 5.91 Å². The number of nitrogens with zero attached hydrogens (tertiary/aromatic N) is 2. The summed E-state index contributed by atoms with van der Waals surface area (Å²) < 4.78 is 7.31. The van der Waals surface area contributed by atoms with Gasteiger partial charge in [-0.05, 0) is 43.0 Å². The van der Waals surface area contributed by atoms with Gasteiger partial charge in [0.1, 0.15) is 5.69 Å². The maximum Gasteiger partial charge on any atom is 0.270 e. The molecule has 1 aliphatic rings. The van der Waals surface area contributed by atoms with Crippen LogP contribution < -0.4 is 5.32 Å². The SMILES string of the molecule is O=C(NCC(O)COCC1CC1)c1cc(-n2cccc2)ccn1. The molecular weight excluding hydrogens is 294 g/mol. The Balaban J connectivity index is 1.48. The molecule has 0 spiro atoms. The third kappa shape index (κ3) is 4.64. The van der Waals surface area contributed by atoms with E-state index >= 15 is 0 Å². The number of aliphatic hydroxyl groups is 1. The number of carbonyl (C=O) groups excluding carboxylic acids is 1. The van der Waals surface area contributed by atoms with E-state index in [4.69, 9.17) is 4.74 Å². The van der Waals surface area contributed by atoms with Crippen molar-refractivity contribution in [2.45, 2.75) is 18.9 Å². The number of hydrogen-bond acceptors (Lipinski definition) is 4. The Hall–Kier alpha value is -2.18. The van der Waals surface area contributed by atoms with Gasteiger partial charge < -0.3 is 19.7 Å². The minimum atomic E-state index is -0.703. The number of ether oxygens (including phenoxy) is 1. The summed E-state index contributed by atoms with van der Waals surface area (Å²) in [7, 11) is 0. The van der Waals surface area contributed by atoms with Crippen LogP contribution in [-0.2, 0) is 4.74 Å². The molecule has 0 bridgehead atoms. The van der Waals surface area contributed by atoms with Gasteiger partial charge in [0, 0.05) is 37.4 Å². The van der Waals surface area contributed by atoms with E-state index in [-0.39, 0.29) is 19.1 Å². The van der Waals surface area contributed by atoms with Gasteiger partial charge in [0.2, 0.25) is 0 Å². The van der Waals surface area contributed by atoms with Gasteiger partial charge >= 0.3 is 0 Å². The monoisotopic (exact) mass is 315 g/mol. The smallest absolute Gasteiger partial charge is 0.270 e. The topological polar surface area (TPSA) is 76.4 Å². The lowest BCUT2D eigenvalue weighted by molar-refractivity contribution is 0.0320. The number of aliphatic hydroxyl groups excluding tert-OH is 1. The van der Waals surface area contributed by atoms with E-state index in [0.29, 0.717) is 18.2 Å². The first-order valence-electron chi connectivity index (χ1n) is 7.86. The summed E-state index contributed by atoms with van der Waals surface area (Å²) in [5, 5.41) is 12.5. The molecule has 2 aromatic heterocycles. The molecule has 6 nitrogen and oxygen atoms in total. The zero-order valence-electron chi connectivity index (χ0n) is 12.9. The summed E-state index contributed by atoms with van der Waals surface area (Å²) in [4.78, 5) is 16.2. The van der Waals surface area contributed by atoms with Gasteiger partial charge in [0.05, 0.1) is 12.7 Å². The van der Waals surface area contributed by atoms with E-state index in [9.17, 15) is 9.90 Å². The summed E-state index contributed by atoms with van der Waals surface area (Å²) in [6.45, 7) is 1.10. The summed E-state index contributed by atoms with van der Waals surface area (Å²) in [5.74, 6) is 0.359. The molecule has 0 saturated heterocycles. The second kappa shape index (κ2) is 7.39. The molecule has 1 amide bonds. The van der Waals surface area contributed by atoms with Crippen molar-refractivity contribution in [2.75, 3.05) is 19.8 Å². The van der Waals surface area contributed by atoms with Gasteiger partial charge in [-0.1, -0.05) is 0 Å². The van der Waals surface area contributed by atoms with Crippen LogP contribution in [0.15, 0.2) is 42.9 Å². The molecule has 1 aliphatic carbocycles. The lowest BCUT2D eigenvalue weighted by atomic mass is 10.3. The molecule has 2 heterocycles. The summed E-state index contributed by atoms with van der Waals surface area (Å²) >= 11 is 0. The normalized spacial score (nSPS) is 15.3. The molecule has 23 heavy (non-hydrogen) atoms. The highest BCUT2D eigenvalue weighted by Gasteiger charge is 2.21. The Bertz CT molecular complexity index is 638. The second-order valence-electron chi connectivity index (χ2n) is 5.83. The van der Waals surface area contributed by atoms with Crippen LogP contribution in [0.5, 0.6) is 0 Å². The van der Waals surface area contributed by atoms with E-state index < -0.39 is 6.10 Å². The number of carbonyl (C=O) groups is 1. The number of amides is 1. The van der Waals surface area contributed by atoms with Crippen LogP contribution in [0.2, 0.25) is 0 Å². The fourth-order valence-corrected chi connectivity index (χ4v) is 2.23. The molecule has 0 radical (unpaired) electrons. The first-order chi connectivity index (χ1) is 11.2. The van der Waals surface area contributed by atoms with Crippen molar-refractivity contribution in [1.82, 2.24) is 14.9 Å². The highest BCUT2D eigenvalue weighted by Crippen LogP contribution is 2.28. The second-order valence-corrected chi connectivity index (χ2v) is 5.83. The molecule has 3 rings (SSSR count). The van der Waals surface area contributed by atoms with E-state index in [1.807, 2.05) is 35.2 Å². The lowest BCUT2D eigenvalue weighted by Gasteiger charge is -2.12. The summed E-state index contributed by atoms with van der Waals surface area (Å²) in [6, 6.07) is 7.37. The van der Waals surface area contributed by atoms with Crippen LogP contribution in [0.4, 0.5) is 0 Å². The number of nitrogens with one attached hydrogen (secondary N) is 1. The third-order valence-corrected chi connectivity index (χ3v) is 3.74. The van der Waals surface area contributed by atoms with Crippen LogP contribution in [0.25, 0.3) is 5.69 Å². The van der Waals surface area contributed by atoms with Crippen LogP contribution in [-0.4, -0.2) is 46.4 Å². The minimum absolute atomic E-state index is 0.152. The maximum absolute atomic E-state index is 12.1. The number of hydrogen-bond donors (Lipinski definition) is 2. The Morgan fingerprint density at radius 1 is 1.43 bits per heavy atom. The van der Waals surface area contributed by atoms with Crippen LogP contribution in [0, 0.1) is 5.92 Å². The predicted octanol–water partition coefficient (Wildman–Crippen LogP) is 1.39. The van der Waals surface area contributed by atoms with Gasteiger partial charge in [-0.3, -0.25) is 9.78 Å². The average molecular weight is 315 g/mol.